The first-order valence-electron chi connectivity index (χ1n) is 4.47. The van der Waals surface area contributed by atoms with Crippen LogP contribution in [-0.4, -0.2) is 20.9 Å². The van der Waals surface area contributed by atoms with Gasteiger partial charge in [0.15, 0.2) is 5.82 Å². The summed E-state index contributed by atoms with van der Waals surface area (Å²) in [6, 6.07) is 0. The Hall–Kier alpha value is -2.37. The molecule has 1 aliphatic rings. The molecule has 2 heterocycles. The second-order valence-corrected chi connectivity index (χ2v) is 3.02. The molecule has 0 aromatic carbocycles. The van der Waals surface area contributed by atoms with Crippen LogP contribution in [0.15, 0.2) is 36.7 Å². The van der Waals surface area contributed by atoms with Gasteiger partial charge in [0.25, 0.3) is 0 Å². The molecule has 1 aromatic heterocycles. The Morgan fingerprint density at radius 3 is 2.94 bits per heavy atom. The molecule has 1 aliphatic heterocycles. The van der Waals surface area contributed by atoms with Crippen LogP contribution in [-0.2, 0) is 0 Å². The Kier molecular flexibility index (Phi) is 2.55. The van der Waals surface area contributed by atoms with Gasteiger partial charge in [0.2, 0.25) is 5.69 Å². The summed E-state index contributed by atoms with van der Waals surface area (Å²) < 4.78 is 14.3. The fraction of sp³-hybridized carbons (Fsp3) is 0. The predicted octanol–water partition coefficient (Wildman–Crippen LogP) is 1.19. The van der Waals surface area contributed by atoms with Crippen molar-refractivity contribution < 1.29 is 14.3 Å². The van der Waals surface area contributed by atoms with Crippen LogP contribution in [0.2, 0.25) is 0 Å². The van der Waals surface area contributed by atoms with Crippen molar-refractivity contribution in [2.24, 2.45) is 0 Å². The number of hydrogen-bond donors (Lipinski definition) is 2. The number of nitrogens with one attached hydrogen (secondary N) is 1. The van der Waals surface area contributed by atoms with Gasteiger partial charge in [0.05, 0.1) is 6.20 Å². The topological polar surface area (TPSA) is 67.1 Å². The number of allylic oxidation sites excluding steroid dienone is 4. The maximum atomic E-state index is 13.2. The highest BCUT2D eigenvalue weighted by Crippen LogP contribution is 2.09. The maximum absolute atomic E-state index is 13.2. The smallest absolute Gasteiger partial charge is 0.359 e. The van der Waals surface area contributed by atoms with Crippen LogP contribution in [0.25, 0.3) is 5.82 Å². The summed E-state index contributed by atoms with van der Waals surface area (Å²) in [6.45, 7) is 0. The average molecular weight is 221 g/mol. The van der Waals surface area contributed by atoms with Gasteiger partial charge < -0.3 is 10.4 Å². The SMILES string of the molecule is O=C(O)c1nn(C2=CC=CC=CN2)cc1F. The molecule has 0 bridgehead atoms. The monoisotopic (exact) mass is 221 g/mol. The Bertz CT molecular complexity index is 514. The number of carbonyl (C=O) groups is 1. The van der Waals surface area contributed by atoms with E-state index in [9.17, 15) is 9.18 Å². The van der Waals surface area contributed by atoms with E-state index in [0.29, 0.717) is 5.82 Å². The van der Waals surface area contributed by atoms with E-state index in [4.69, 9.17) is 5.11 Å². The molecule has 0 spiro atoms. The molecule has 0 saturated heterocycles. The number of carboxylic acids is 1. The van der Waals surface area contributed by atoms with Crippen molar-refractivity contribution in [1.82, 2.24) is 15.1 Å². The van der Waals surface area contributed by atoms with Gasteiger partial charge in [0.1, 0.15) is 5.82 Å². The van der Waals surface area contributed by atoms with Crippen molar-refractivity contribution in [3.8, 4) is 0 Å². The molecular formula is C10H8FN3O2. The zero-order chi connectivity index (χ0) is 11.5. The molecule has 1 aromatic rings. The summed E-state index contributed by atoms with van der Waals surface area (Å²) in [5.74, 6) is -1.79. The van der Waals surface area contributed by atoms with Crippen molar-refractivity contribution >= 4 is 11.8 Å². The summed E-state index contributed by atoms with van der Waals surface area (Å²) in [4.78, 5) is 10.6. The first-order chi connectivity index (χ1) is 7.68. The van der Waals surface area contributed by atoms with Gasteiger partial charge in [-0.25, -0.2) is 13.9 Å². The Balaban J connectivity index is 2.38. The molecule has 16 heavy (non-hydrogen) atoms. The molecule has 0 atom stereocenters. The van der Waals surface area contributed by atoms with Gasteiger partial charge in [-0.3, -0.25) is 0 Å². The highest BCUT2D eigenvalue weighted by molar-refractivity contribution is 5.85. The minimum absolute atomic E-state index is 0.469. The van der Waals surface area contributed by atoms with E-state index in [1.807, 2.05) is 0 Å². The first-order valence-corrected chi connectivity index (χ1v) is 4.47. The maximum Gasteiger partial charge on any atom is 0.359 e. The number of halogens is 1. The number of rotatable bonds is 2. The molecule has 6 heteroatoms. The molecule has 0 unspecified atom stereocenters. The second-order valence-electron chi connectivity index (χ2n) is 3.02. The van der Waals surface area contributed by atoms with Gasteiger partial charge in [-0.2, -0.15) is 5.10 Å². The molecule has 0 fully saturated rings. The number of hydrogen-bond acceptors (Lipinski definition) is 3. The summed E-state index contributed by atoms with van der Waals surface area (Å²) >= 11 is 0. The fourth-order valence-corrected chi connectivity index (χ4v) is 1.21. The van der Waals surface area contributed by atoms with E-state index in [1.54, 1.807) is 30.5 Å². The third-order valence-corrected chi connectivity index (χ3v) is 1.92. The lowest BCUT2D eigenvalue weighted by Gasteiger charge is -2.04. The molecule has 0 saturated carbocycles. The normalized spacial score (nSPS) is 14.2. The fourth-order valence-electron chi connectivity index (χ4n) is 1.21. The van der Waals surface area contributed by atoms with Crippen molar-refractivity contribution in [1.29, 1.82) is 0 Å². The van der Waals surface area contributed by atoms with Gasteiger partial charge >= 0.3 is 5.97 Å². The molecule has 2 rings (SSSR count). The van der Waals surface area contributed by atoms with Crippen LogP contribution < -0.4 is 5.32 Å². The lowest BCUT2D eigenvalue weighted by atomic mass is 10.4. The van der Waals surface area contributed by atoms with E-state index in [1.165, 1.54) is 0 Å². The Morgan fingerprint density at radius 1 is 1.44 bits per heavy atom. The van der Waals surface area contributed by atoms with Crippen LogP contribution in [0.5, 0.6) is 0 Å². The van der Waals surface area contributed by atoms with E-state index in [-0.39, 0.29) is 0 Å². The first kappa shape index (κ1) is 10.2. The van der Waals surface area contributed by atoms with Crippen molar-refractivity contribution in [2.45, 2.75) is 0 Å². The largest absolute Gasteiger partial charge is 0.476 e. The summed E-state index contributed by atoms with van der Waals surface area (Å²) in [7, 11) is 0. The number of aromatic carboxylic acids is 1. The highest BCUT2D eigenvalue weighted by atomic mass is 19.1. The molecule has 82 valence electrons. The van der Waals surface area contributed by atoms with Crippen molar-refractivity contribution in [2.75, 3.05) is 0 Å². The van der Waals surface area contributed by atoms with Crippen LogP contribution in [0.1, 0.15) is 10.5 Å². The van der Waals surface area contributed by atoms with E-state index in [0.717, 1.165) is 10.9 Å². The summed E-state index contributed by atoms with van der Waals surface area (Å²) in [5, 5.41) is 15.1. The standard InChI is InChI=1S/C10H8FN3O2/c11-7-6-14(13-9(7)10(15)16)8-4-2-1-3-5-12-8/h1-6,12H,(H,15,16). The highest BCUT2D eigenvalue weighted by Gasteiger charge is 2.16. The van der Waals surface area contributed by atoms with Crippen molar-refractivity contribution in [3.05, 3.63) is 48.2 Å². The summed E-state index contributed by atoms with van der Waals surface area (Å²) in [5.41, 5.74) is -0.597. The minimum Gasteiger partial charge on any atom is -0.476 e. The molecule has 0 aliphatic carbocycles. The molecule has 2 N–H and O–H groups in total. The van der Waals surface area contributed by atoms with Gasteiger partial charge in [-0.15, -0.1) is 0 Å². The zero-order valence-electron chi connectivity index (χ0n) is 8.09. The molecule has 0 radical (unpaired) electrons. The predicted molar refractivity (Wildman–Crippen MR) is 54.8 cm³/mol. The molecule has 0 amide bonds. The van der Waals surface area contributed by atoms with Crippen molar-refractivity contribution in [3.63, 3.8) is 0 Å². The Morgan fingerprint density at radius 2 is 2.25 bits per heavy atom. The van der Waals surface area contributed by atoms with E-state index in [2.05, 4.69) is 10.4 Å². The number of nitrogens with zero attached hydrogens (tertiary/aromatic N) is 2. The van der Waals surface area contributed by atoms with E-state index >= 15 is 0 Å². The third kappa shape index (κ3) is 1.85. The van der Waals surface area contributed by atoms with Gasteiger partial charge in [-0.1, -0.05) is 12.2 Å². The number of carboxylic acid groups (broad SMARTS) is 1. The second kappa shape index (κ2) is 4.01. The number of aromatic nitrogens is 2. The van der Waals surface area contributed by atoms with Crippen LogP contribution in [0.3, 0.4) is 0 Å². The van der Waals surface area contributed by atoms with Crippen LogP contribution in [0.4, 0.5) is 4.39 Å². The molecule has 5 nitrogen and oxygen atoms in total. The minimum atomic E-state index is -1.39. The zero-order valence-corrected chi connectivity index (χ0v) is 8.09. The quantitative estimate of drug-likeness (QED) is 0.787. The third-order valence-electron chi connectivity index (χ3n) is 1.92. The van der Waals surface area contributed by atoms with Crippen LogP contribution >= 0.6 is 0 Å². The van der Waals surface area contributed by atoms with Gasteiger partial charge in [-0.05, 0) is 12.2 Å². The average Bonchev–Trinajstić information content (AvgIpc) is 2.50. The molecular weight excluding hydrogens is 213 g/mol. The lowest BCUT2D eigenvalue weighted by Crippen LogP contribution is -2.12. The lowest BCUT2D eigenvalue weighted by molar-refractivity contribution is 0.0685. The van der Waals surface area contributed by atoms with Crippen LogP contribution in [0, 0.1) is 5.82 Å². The Labute approximate surface area is 90.2 Å². The van der Waals surface area contributed by atoms with Gasteiger partial charge in [0, 0.05) is 6.20 Å². The summed E-state index contributed by atoms with van der Waals surface area (Å²) in [6.07, 6.45) is 9.55. The van der Waals surface area contributed by atoms with E-state index < -0.39 is 17.5 Å².